The number of nitrogens with zero attached hydrogens (tertiary/aromatic N) is 2. The van der Waals surface area contributed by atoms with E-state index >= 15 is 0 Å². The van der Waals surface area contributed by atoms with E-state index < -0.39 is 11.8 Å². The molecule has 3 rings (SSSR count). The third-order valence-electron chi connectivity index (χ3n) is 4.61. The highest BCUT2D eigenvalue weighted by molar-refractivity contribution is 6.38. The molecule has 0 spiro atoms. The third kappa shape index (κ3) is 6.68. The molecule has 2 N–H and O–H groups in total. The van der Waals surface area contributed by atoms with Crippen LogP contribution in [0.3, 0.4) is 0 Å². The minimum absolute atomic E-state index is 0.0314. The average molecular weight is 481 g/mol. The molecule has 33 heavy (non-hydrogen) atoms. The molecule has 0 saturated heterocycles. The number of amides is 2. The monoisotopic (exact) mass is 480 g/mol. The Balaban J connectivity index is 1.84. The zero-order valence-corrected chi connectivity index (χ0v) is 19.6. The zero-order chi connectivity index (χ0) is 23.8. The number of hydrogen-bond donors (Lipinski definition) is 2. The Morgan fingerprint density at radius 2 is 1.52 bits per heavy atom. The SMILES string of the molecule is CN(C)c1ccc(C=C(NC(=O)c2ccccc2)C(=O)NN=Cc2c(Cl)cccc2Cl)cc1. The molecule has 0 atom stereocenters. The summed E-state index contributed by atoms with van der Waals surface area (Å²) in [5.74, 6) is -1.02. The summed E-state index contributed by atoms with van der Waals surface area (Å²) in [6.07, 6.45) is 2.93. The van der Waals surface area contributed by atoms with Gasteiger partial charge in [0.05, 0.1) is 16.3 Å². The summed E-state index contributed by atoms with van der Waals surface area (Å²) < 4.78 is 0. The van der Waals surface area contributed by atoms with Gasteiger partial charge in [0.15, 0.2) is 0 Å². The maximum Gasteiger partial charge on any atom is 0.287 e. The second-order valence-corrected chi connectivity index (χ2v) is 8.01. The number of benzene rings is 3. The Kier molecular flexibility index (Phi) is 8.24. The number of halogens is 2. The number of nitrogens with one attached hydrogen (secondary N) is 2. The second-order valence-electron chi connectivity index (χ2n) is 7.20. The maximum absolute atomic E-state index is 12.9. The smallest absolute Gasteiger partial charge is 0.287 e. The van der Waals surface area contributed by atoms with Gasteiger partial charge in [-0.05, 0) is 48.0 Å². The number of carbonyl (C=O) groups is 2. The van der Waals surface area contributed by atoms with Crippen molar-refractivity contribution in [2.45, 2.75) is 0 Å². The Morgan fingerprint density at radius 3 is 2.12 bits per heavy atom. The van der Waals surface area contributed by atoms with Crippen molar-refractivity contribution in [1.82, 2.24) is 10.7 Å². The average Bonchev–Trinajstić information content (AvgIpc) is 2.81. The summed E-state index contributed by atoms with van der Waals surface area (Å²) in [7, 11) is 3.88. The van der Waals surface area contributed by atoms with Crippen molar-refractivity contribution in [3.05, 3.63) is 105 Å². The van der Waals surface area contributed by atoms with Crippen LogP contribution in [-0.4, -0.2) is 32.1 Å². The molecule has 3 aromatic carbocycles. The molecular weight excluding hydrogens is 459 g/mol. The molecule has 168 valence electrons. The van der Waals surface area contributed by atoms with Gasteiger partial charge >= 0.3 is 0 Å². The fraction of sp³-hybridized carbons (Fsp3) is 0.0800. The number of hydrogen-bond acceptors (Lipinski definition) is 4. The van der Waals surface area contributed by atoms with Gasteiger partial charge in [0.2, 0.25) is 0 Å². The van der Waals surface area contributed by atoms with E-state index in [1.165, 1.54) is 6.21 Å². The van der Waals surface area contributed by atoms with Crippen molar-refractivity contribution < 1.29 is 9.59 Å². The van der Waals surface area contributed by atoms with Crippen molar-refractivity contribution in [2.24, 2.45) is 5.10 Å². The first-order valence-electron chi connectivity index (χ1n) is 9.98. The van der Waals surface area contributed by atoms with Gasteiger partial charge in [0, 0.05) is 30.9 Å². The predicted molar refractivity (Wildman–Crippen MR) is 135 cm³/mol. The minimum atomic E-state index is -0.601. The van der Waals surface area contributed by atoms with Crippen LogP contribution in [0.25, 0.3) is 6.08 Å². The number of carbonyl (C=O) groups excluding carboxylic acids is 2. The van der Waals surface area contributed by atoms with Gasteiger partial charge in [-0.2, -0.15) is 5.10 Å². The lowest BCUT2D eigenvalue weighted by atomic mass is 10.1. The van der Waals surface area contributed by atoms with Crippen molar-refractivity contribution in [2.75, 3.05) is 19.0 Å². The van der Waals surface area contributed by atoms with E-state index in [-0.39, 0.29) is 5.70 Å². The summed E-state index contributed by atoms with van der Waals surface area (Å²) in [5, 5.41) is 7.41. The highest BCUT2D eigenvalue weighted by Crippen LogP contribution is 2.22. The molecule has 0 fully saturated rings. The third-order valence-corrected chi connectivity index (χ3v) is 5.27. The van der Waals surface area contributed by atoms with E-state index in [0.29, 0.717) is 21.2 Å². The molecule has 0 heterocycles. The lowest BCUT2D eigenvalue weighted by Crippen LogP contribution is -2.32. The van der Waals surface area contributed by atoms with E-state index in [1.54, 1.807) is 54.6 Å². The summed E-state index contributed by atoms with van der Waals surface area (Å²) in [4.78, 5) is 27.5. The van der Waals surface area contributed by atoms with Crippen LogP contribution in [0.5, 0.6) is 0 Å². The fourth-order valence-corrected chi connectivity index (χ4v) is 3.32. The molecule has 0 bridgehead atoms. The summed E-state index contributed by atoms with van der Waals surface area (Å²) in [5.41, 5.74) is 5.08. The van der Waals surface area contributed by atoms with Gasteiger partial charge in [0.25, 0.3) is 11.8 Å². The van der Waals surface area contributed by atoms with Crippen LogP contribution in [0.2, 0.25) is 10.0 Å². The maximum atomic E-state index is 12.9. The van der Waals surface area contributed by atoms with E-state index in [0.717, 1.165) is 11.3 Å². The van der Waals surface area contributed by atoms with E-state index in [1.807, 2.05) is 43.3 Å². The fourth-order valence-electron chi connectivity index (χ4n) is 2.83. The quantitative estimate of drug-likeness (QED) is 0.284. The first-order valence-corrected chi connectivity index (χ1v) is 10.7. The topological polar surface area (TPSA) is 73.8 Å². The Labute approximate surface area is 202 Å². The van der Waals surface area contributed by atoms with Crippen LogP contribution in [0.15, 0.2) is 83.6 Å². The van der Waals surface area contributed by atoms with Gasteiger partial charge in [-0.3, -0.25) is 9.59 Å². The van der Waals surface area contributed by atoms with Crippen LogP contribution >= 0.6 is 23.2 Å². The van der Waals surface area contributed by atoms with Crippen LogP contribution < -0.4 is 15.6 Å². The standard InChI is InChI=1S/C25H22Cl2N4O2/c1-31(2)19-13-11-17(12-14-19)15-23(29-24(32)18-7-4-3-5-8-18)25(33)30-28-16-20-21(26)9-6-10-22(20)27/h3-16H,1-2H3,(H,29,32)(H,30,33). The Morgan fingerprint density at radius 1 is 0.879 bits per heavy atom. The first-order chi connectivity index (χ1) is 15.8. The first kappa shape index (κ1) is 24.0. The van der Waals surface area contributed by atoms with Crippen molar-refractivity contribution >= 4 is 53.0 Å². The predicted octanol–water partition coefficient (Wildman–Crippen LogP) is 4.98. The Bertz CT molecular complexity index is 1170. The molecule has 0 unspecified atom stereocenters. The van der Waals surface area contributed by atoms with E-state index in [4.69, 9.17) is 23.2 Å². The molecule has 0 aromatic heterocycles. The molecule has 8 heteroatoms. The van der Waals surface area contributed by atoms with Gasteiger partial charge in [-0.1, -0.05) is 59.6 Å². The van der Waals surface area contributed by atoms with E-state index in [9.17, 15) is 9.59 Å². The summed E-state index contributed by atoms with van der Waals surface area (Å²) in [6, 6.07) is 21.2. The molecule has 0 aliphatic heterocycles. The van der Waals surface area contributed by atoms with Crippen molar-refractivity contribution in [1.29, 1.82) is 0 Å². The van der Waals surface area contributed by atoms with Gasteiger partial charge in [-0.15, -0.1) is 0 Å². The van der Waals surface area contributed by atoms with Gasteiger partial charge < -0.3 is 10.2 Å². The summed E-state index contributed by atoms with van der Waals surface area (Å²) >= 11 is 12.3. The molecule has 0 radical (unpaired) electrons. The van der Waals surface area contributed by atoms with Gasteiger partial charge in [0.1, 0.15) is 5.70 Å². The summed E-state index contributed by atoms with van der Waals surface area (Å²) in [6.45, 7) is 0. The van der Waals surface area contributed by atoms with Gasteiger partial charge in [-0.25, -0.2) is 5.43 Å². The Hall–Kier alpha value is -3.61. The molecule has 0 saturated carbocycles. The number of rotatable bonds is 7. The molecule has 0 aliphatic carbocycles. The number of anilines is 1. The van der Waals surface area contributed by atoms with Crippen molar-refractivity contribution in [3.8, 4) is 0 Å². The number of hydrazone groups is 1. The molecule has 3 aromatic rings. The van der Waals surface area contributed by atoms with Crippen LogP contribution in [0.4, 0.5) is 5.69 Å². The lowest BCUT2D eigenvalue weighted by Gasteiger charge is -2.12. The zero-order valence-electron chi connectivity index (χ0n) is 18.0. The van der Waals surface area contributed by atoms with E-state index in [2.05, 4.69) is 15.8 Å². The second kappa shape index (κ2) is 11.3. The van der Waals surface area contributed by atoms with Crippen LogP contribution in [0, 0.1) is 0 Å². The molecular formula is C25H22Cl2N4O2. The molecule has 2 amide bonds. The molecule has 6 nitrogen and oxygen atoms in total. The van der Waals surface area contributed by atoms with Crippen LogP contribution in [-0.2, 0) is 4.79 Å². The normalized spacial score (nSPS) is 11.3. The highest BCUT2D eigenvalue weighted by atomic mass is 35.5. The highest BCUT2D eigenvalue weighted by Gasteiger charge is 2.14. The molecule has 0 aliphatic rings. The largest absolute Gasteiger partial charge is 0.378 e. The minimum Gasteiger partial charge on any atom is -0.378 e. The van der Waals surface area contributed by atoms with Crippen LogP contribution in [0.1, 0.15) is 21.5 Å². The lowest BCUT2D eigenvalue weighted by molar-refractivity contribution is -0.117. The van der Waals surface area contributed by atoms with Crippen molar-refractivity contribution in [3.63, 3.8) is 0 Å².